The maximum atomic E-state index is 3.38. The Labute approximate surface area is 97.6 Å². The Morgan fingerprint density at radius 2 is 2.00 bits per heavy atom. The molecule has 0 bridgehead atoms. The van der Waals surface area contributed by atoms with Gasteiger partial charge in [-0.05, 0) is 30.9 Å². The minimum absolute atomic E-state index is 0.823. The lowest BCUT2D eigenvalue weighted by atomic mass is 9.93. The number of rotatable bonds is 4. The van der Waals surface area contributed by atoms with Crippen LogP contribution in [0.1, 0.15) is 12.0 Å². The van der Waals surface area contributed by atoms with E-state index in [1.54, 1.807) is 0 Å². The third-order valence-corrected chi connectivity index (χ3v) is 4.05. The summed E-state index contributed by atoms with van der Waals surface area (Å²) in [4.78, 5) is 2.56. The van der Waals surface area contributed by atoms with E-state index in [0.717, 1.165) is 24.4 Å². The minimum Gasteiger partial charge on any atom is -0.317 e. The van der Waals surface area contributed by atoms with E-state index in [2.05, 4.69) is 47.6 Å². The van der Waals surface area contributed by atoms with E-state index in [-0.39, 0.29) is 0 Å². The van der Waals surface area contributed by atoms with E-state index in [0.29, 0.717) is 0 Å². The number of hydrogen-bond acceptors (Lipinski definition) is 2. The second-order valence-corrected chi connectivity index (χ2v) is 5.23. The first-order valence-corrected chi connectivity index (χ1v) is 6.30. The smallest absolute Gasteiger partial charge is 0.0233 e. The molecule has 2 aliphatic rings. The van der Waals surface area contributed by atoms with Gasteiger partial charge in [-0.3, -0.25) is 4.90 Å². The number of nitrogens with one attached hydrogen (secondary N) is 1. The zero-order chi connectivity index (χ0) is 11.0. The average molecular weight is 216 g/mol. The molecule has 16 heavy (non-hydrogen) atoms. The summed E-state index contributed by atoms with van der Waals surface area (Å²) in [5.74, 6) is 1.93. The first-order valence-electron chi connectivity index (χ1n) is 6.30. The van der Waals surface area contributed by atoms with E-state index in [4.69, 9.17) is 0 Å². The maximum absolute atomic E-state index is 3.38. The van der Waals surface area contributed by atoms with Crippen LogP contribution in [0.4, 0.5) is 0 Å². The summed E-state index contributed by atoms with van der Waals surface area (Å²) in [6.45, 7) is 3.74. The fourth-order valence-corrected chi connectivity index (χ4v) is 2.92. The van der Waals surface area contributed by atoms with Gasteiger partial charge in [0.05, 0.1) is 0 Å². The van der Waals surface area contributed by atoms with Gasteiger partial charge in [0, 0.05) is 25.7 Å². The second kappa shape index (κ2) is 4.19. The molecule has 2 unspecified atom stereocenters. The Balaban J connectivity index is 1.45. The minimum atomic E-state index is 0.823. The van der Waals surface area contributed by atoms with E-state index in [9.17, 15) is 0 Å². The van der Waals surface area contributed by atoms with Crippen LogP contribution in [0.25, 0.3) is 0 Å². The molecule has 1 aromatic rings. The predicted octanol–water partition coefficient (Wildman–Crippen LogP) is 1.73. The number of hydrogen-bond donors (Lipinski definition) is 1. The number of nitrogens with zero attached hydrogens (tertiary/aromatic N) is 1. The Hall–Kier alpha value is -0.860. The molecule has 3 rings (SSSR count). The van der Waals surface area contributed by atoms with Crippen LogP contribution in [-0.4, -0.2) is 31.1 Å². The Morgan fingerprint density at radius 1 is 1.25 bits per heavy atom. The maximum Gasteiger partial charge on any atom is 0.0233 e. The van der Waals surface area contributed by atoms with Crippen molar-refractivity contribution in [2.45, 2.75) is 19.0 Å². The molecule has 1 aromatic carbocycles. The summed E-state index contributed by atoms with van der Waals surface area (Å²) in [6.07, 6.45) is 1.40. The molecule has 2 nitrogen and oxygen atoms in total. The van der Waals surface area contributed by atoms with E-state index >= 15 is 0 Å². The summed E-state index contributed by atoms with van der Waals surface area (Å²) < 4.78 is 0. The van der Waals surface area contributed by atoms with Crippen molar-refractivity contribution in [1.29, 1.82) is 0 Å². The molecule has 2 heteroatoms. The lowest BCUT2D eigenvalue weighted by molar-refractivity contribution is 0.0755. The molecule has 0 radical (unpaired) electrons. The zero-order valence-corrected chi connectivity index (χ0v) is 9.89. The van der Waals surface area contributed by atoms with Crippen molar-refractivity contribution >= 4 is 0 Å². The molecule has 1 aliphatic heterocycles. The first kappa shape index (κ1) is 10.3. The van der Waals surface area contributed by atoms with Crippen molar-refractivity contribution in [3.05, 3.63) is 35.9 Å². The molecule has 2 fully saturated rings. The highest BCUT2D eigenvalue weighted by atomic mass is 15.2. The second-order valence-electron chi connectivity index (χ2n) is 5.23. The van der Waals surface area contributed by atoms with Crippen molar-refractivity contribution in [1.82, 2.24) is 10.2 Å². The highest BCUT2D eigenvalue weighted by Crippen LogP contribution is 2.41. The molecule has 86 valence electrons. The highest BCUT2D eigenvalue weighted by Gasteiger charge is 2.46. The Morgan fingerprint density at radius 3 is 2.62 bits per heavy atom. The van der Waals surface area contributed by atoms with Gasteiger partial charge in [0.25, 0.3) is 0 Å². The van der Waals surface area contributed by atoms with Gasteiger partial charge in [-0.1, -0.05) is 30.3 Å². The summed E-state index contributed by atoms with van der Waals surface area (Å²) >= 11 is 0. The van der Waals surface area contributed by atoms with Crippen LogP contribution in [0.15, 0.2) is 30.3 Å². The quantitative estimate of drug-likeness (QED) is 0.824. The van der Waals surface area contributed by atoms with Crippen LogP contribution in [0.5, 0.6) is 0 Å². The van der Waals surface area contributed by atoms with Crippen molar-refractivity contribution in [3.63, 3.8) is 0 Å². The summed E-state index contributed by atoms with van der Waals surface area (Å²) in [5.41, 5.74) is 1.45. The van der Waals surface area contributed by atoms with Gasteiger partial charge in [-0.2, -0.15) is 0 Å². The largest absolute Gasteiger partial charge is 0.317 e. The topological polar surface area (TPSA) is 15.3 Å². The predicted molar refractivity (Wildman–Crippen MR) is 66.2 cm³/mol. The van der Waals surface area contributed by atoms with Crippen molar-refractivity contribution in [3.8, 4) is 0 Å². The van der Waals surface area contributed by atoms with E-state index < -0.39 is 0 Å². The van der Waals surface area contributed by atoms with Crippen molar-refractivity contribution in [2.75, 3.05) is 20.1 Å². The number of likely N-dealkylation sites (tertiary alicyclic amines) is 1. The van der Waals surface area contributed by atoms with Crippen LogP contribution in [0.3, 0.4) is 0 Å². The molecule has 1 saturated carbocycles. The van der Waals surface area contributed by atoms with Gasteiger partial charge in [0.15, 0.2) is 0 Å². The third kappa shape index (κ3) is 2.00. The normalized spacial score (nSPS) is 30.1. The van der Waals surface area contributed by atoms with Gasteiger partial charge in [0.2, 0.25) is 0 Å². The Bertz CT molecular complexity index is 343. The van der Waals surface area contributed by atoms with Gasteiger partial charge in [-0.15, -0.1) is 0 Å². The summed E-state index contributed by atoms with van der Waals surface area (Å²) in [5, 5.41) is 3.38. The molecule has 0 aromatic heterocycles. The lowest BCUT2D eigenvalue weighted by Crippen LogP contribution is -2.47. The molecular weight excluding hydrogens is 196 g/mol. The molecule has 1 aliphatic carbocycles. The van der Waals surface area contributed by atoms with Crippen LogP contribution < -0.4 is 5.32 Å². The first-order chi connectivity index (χ1) is 7.86. The van der Waals surface area contributed by atoms with Gasteiger partial charge >= 0.3 is 0 Å². The lowest BCUT2D eigenvalue weighted by Gasteiger charge is -2.40. The van der Waals surface area contributed by atoms with Gasteiger partial charge in [-0.25, -0.2) is 0 Å². The van der Waals surface area contributed by atoms with Crippen LogP contribution in [-0.2, 0) is 6.54 Å². The molecule has 1 N–H and O–H groups in total. The van der Waals surface area contributed by atoms with E-state index in [1.165, 1.54) is 25.1 Å². The van der Waals surface area contributed by atoms with Crippen molar-refractivity contribution in [2.24, 2.45) is 11.8 Å². The van der Waals surface area contributed by atoms with Crippen LogP contribution in [0, 0.1) is 11.8 Å². The zero-order valence-electron chi connectivity index (χ0n) is 9.89. The van der Waals surface area contributed by atoms with Crippen LogP contribution >= 0.6 is 0 Å². The molecule has 1 heterocycles. The fraction of sp³-hybridized carbons (Fsp3) is 0.571. The third-order valence-electron chi connectivity index (χ3n) is 4.05. The molecule has 2 atom stereocenters. The van der Waals surface area contributed by atoms with E-state index in [1.807, 2.05) is 0 Å². The summed E-state index contributed by atoms with van der Waals surface area (Å²) in [7, 11) is 2.09. The summed E-state index contributed by atoms with van der Waals surface area (Å²) in [6, 6.07) is 11.6. The van der Waals surface area contributed by atoms with Gasteiger partial charge in [0.1, 0.15) is 0 Å². The number of benzene rings is 1. The van der Waals surface area contributed by atoms with Crippen LogP contribution in [0.2, 0.25) is 0 Å². The SMILES string of the molecule is CNC1CC1C1CN(Cc2ccccc2)C1. The van der Waals surface area contributed by atoms with Gasteiger partial charge < -0.3 is 5.32 Å². The van der Waals surface area contributed by atoms with Crippen molar-refractivity contribution < 1.29 is 0 Å². The average Bonchev–Trinajstić information content (AvgIpc) is 3.03. The molecule has 0 amide bonds. The molecule has 0 spiro atoms. The standard InChI is InChI=1S/C14H20N2/c1-15-14-7-13(14)12-9-16(10-12)8-11-5-3-2-4-6-11/h2-6,12-15H,7-10H2,1H3. The monoisotopic (exact) mass is 216 g/mol. The molecular formula is C14H20N2. The fourth-order valence-electron chi connectivity index (χ4n) is 2.92. The molecule has 1 saturated heterocycles. The highest BCUT2D eigenvalue weighted by molar-refractivity contribution is 5.15. The Kier molecular flexibility index (Phi) is 2.70.